The molecule has 1 aliphatic heterocycles. The maximum atomic E-state index is 11.7. The Morgan fingerprint density at radius 3 is 2.85 bits per heavy atom. The van der Waals surface area contributed by atoms with Crippen molar-refractivity contribution in [3.05, 3.63) is 0 Å². The SMILES string of the molecule is CCON(C)C(=O)[C@@H]1CCCN1C. The Hall–Kier alpha value is -0.610. The Balaban J connectivity index is 2.46. The molecule has 1 saturated heterocycles. The molecule has 0 unspecified atom stereocenters. The molecule has 0 spiro atoms. The molecule has 76 valence electrons. The average Bonchev–Trinajstić information content (AvgIpc) is 2.50. The highest BCUT2D eigenvalue weighted by Crippen LogP contribution is 2.16. The van der Waals surface area contributed by atoms with Gasteiger partial charge in [-0.1, -0.05) is 0 Å². The van der Waals surface area contributed by atoms with E-state index >= 15 is 0 Å². The molecule has 1 rings (SSSR count). The van der Waals surface area contributed by atoms with Gasteiger partial charge in [0.25, 0.3) is 5.91 Å². The predicted octanol–water partition coefficient (Wildman–Crippen LogP) is 0.490. The highest BCUT2D eigenvalue weighted by Gasteiger charge is 2.30. The molecule has 13 heavy (non-hydrogen) atoms. The third-order valence-corrected chi connectivity index (χ3v) is 2.44. The average molecular weight is 186 g/mol. The van der Waals surface area contributed by atoms with Crippen molar-refractivity contribution in [2.45, 2.75) is 25.8 Å². The van der Waals surface area contributed by atoms with Crippen molar-refractivity contribution in [3.63, 3.8) is 0 Å². The van der Waals surface area contributed by atoms with Gasteiger partial charge in [0.1, 0.15) is 0 Å². The first-order valence-electron chi connectivity index (χ1n) is 4.77. The Morgan fingerprint density at radius 1 is 1.69 bits per heavy atom. The van der Waals surface area contributed by atoms with E-state index in [2.05, 4.69) is 4.90 Å². The summed E-state index contributed by atoms with van der Waals surface area (Å²) in [6, 6.07) is 0.0246. The van der Waals surface area contributed by atoms with E-state index in [1.165, 1.54) is 5.06 Å². The first kappa shape index (κ1) is 10.5. The van der Waals surface area contributed by atoms with Gasteiger partial charge in [-0.05, 0) is 33.4 Å². The maximum absolute atomic E-state index is 11.7. The summed E-state index contributed by atoms with van der Waals surface area (Å²) in [5.74, 6) is 0.0712. The lowest BCUT2D eigenvalue weighted by atomic mass is 10.2. The summed E-state index contributed by atoms with van der Waals surface area (Å²) in [5, 5.41) is 1.35. The summed E-state index contributed by atoms with van der Waals surface area (Å²) in [6.07, 6.45) is 2.06. The first-order chi connectivity index (χ1) is 6.16. The van der Waals surface area contributed by atoms with E-state index in [4.69, 9.17) is 4.84 Å². The molecule has 1 fully saturated rings. The summed E-state index contributed by atoms with van der Waals surface area (Å²) >= 11 is 0. The third-order valence-electron chi connectivity index (χ3n) is 2.44. The number of rotatable bonds is 3. The van der Waals surface area contributed by atoms with E-state index in [1.807, 2.05) is 14.0 Å². The predicted molar refractivity (Wildman–Crippen MR) is 50.0 cm³/mol. The fourth-order valence-electron chi connectivity index (χ4n) is 1.69. The second-order valence-electron chi connectivity index (χ2n) is 3.39. The quantitative estimate of drug-likeness (QED) is 0.601. The van der Waals surface area contributed by atoms with Gasteiger partial charge in [-0.3, -0.25) is 14.5 Å². The number of hydroxylamine groups is 2. The maximum Gasteiger partial charge on any atom is 0.263 e. The van der Waals surface area contributed by atoms with E-state index in [0.29, 0.717) is 6.61 Å². The minimum atomic E-state index is 0.0246. The van der Waals surface area contributed by atoms with Crippen molar-refractivity contribution in [2.75, 3.05) is 27.2 Å². The van der Waals surface area contributed by atoms with E-state index in [0.717, 1.165) is 19.4 Å². The molecule has 0 aromatic carbocycles. The minimum Gasteiger partial charge on any atom is -0.295 e. The molecule has 1 atom stereocenters. The molecule has 0 aromatic heterocycles. The van der Waals surface area contributed by atoms with Crippen LogP contribution in [0.15, 0.2) is 0 Å². The molecule has 0 N–H and O–H groups in total. The largest absolute Gasteiger partial charge is 0.295 e. The topological polar surface area (TPSA) is 32.8 Å². The van der Waals surface area contributed by atoms with Crippen molar-refractivity contribution >= 4 is 5.91 Å². The summed E-state index contributed by atoms with van der Waals surface area (Å²) in [4.78, 5) is 18.9. The Kier molecular flexibility index (Phi) is 3.69. The van der Waals surface area contributed by atoms with Crippen molar-refractivity contribution in [1.29, 1.82) is 0 Å². The van der Waals surface area contributed by atoms with Crippen molar-refractivity contribution in [3.8, 4) is 0 Å². The van der Waals surface area contributed by atoms with Crippen molar-refractivity contribution in [1.82, 2.24) is 9.96 Å². The lowest BCUT2D eigenvalue weighted by molar-refractivity contribution is -0.181. The van der Waals surface area contributed by atoms with Gasteiger partial charge in [-0.2, -0.15) is 0 Å². The lowest BCUT2D eigenvalue weighted by Crippen LogP contribution is -2.42. The zero-order valence-electron chi connectivity index (χ0n) is 8.62. The second-order valence-corrected chi connectivity index (χ2v) is 3.39. The number of likely N-dealkylation sites (N-methyl/N-ethyl adjacent to an activating group) is 2. The standard InChI is InChI=1S/C9H18N2O2/c1-4-13-11(3)9(12)8-6-5-7-10(8)2/h8H,4-7H2,1-3H3/t8-/m0/s1. The molecule has 1 heterocycles. The molecule has 4 heteroatoms. The van der Waals surface area contributed by atoms with Gasteiger partial charge >= 0.3 is 0 Å². The van der Waals surface area contributed by atoms with Crippen LogP contribution in [-0.2, 0) is 9.63 Å². The number of nitrogens with zero attached hydrogens (tertiary/aromatic N) is 2. The fourth-order valence-corrected chi connectivity index (χ4v) is 1.69. The Labute approximate surface area is 79.4 Å². The van der Waals surface area contributed by atoms with Gasteiger partial charge in [0, 0.05) is 7.05 Å². The molecule has 1 amide bonds. The summed E-state index contributed by atoms with van der Waals surface area (Å²) < 4.78 is 0. The molecule has 0 bridgehead atoms. The molecule has 0 aliphatic carbocycles. The lowest BCUT2D eigenvalue weighted by Gasteiger charge is -2.23. The van der Waals surface area contributed by atoms with Crippen molar-refractivity contribution in [2.24, 2.45) is 0 Å². The molecular weight excluding hydrogens is 168 g/mol. The first-order valence-corrected chi connectivity index (χ1v) is 4.77. The van der Waals surface area contributed by atoms with Crippen LogP contribution in [0.25, 0.3) is 0 Å². The fraction of sp³-hybridized carbons (Fsp3) is 0.889. The molecule has 0 radical (unpaired) electrons. The van der Waals surface area contributed by atoms with Crippen molar-refractivity contribution < 1.29 is 9.63 Å². The minimum absolute atomic E-state index is 0.0246. The van der Waals surface area contributed by atoms with Crippen LogP contribution in [0.5, 0.6) is 0 Å². The number of hydrogen-bond donors (Lipinski definition) is 0. The van der Waals surface area contributed by atoms with E-state index in [-0.39, 0.29) is 11.9 Å². The number of hydrogen-bond acceptors (Lipinski definition) is 3. The van der Waals surface area contributed by atoms with Gasteiger partial charge in [0.2, 0.25) is 0 Å². The third kappa shape index (κ3) is 2.42. The number of carbonyl (C=O) groups excluding carboxylic acids is 1. The molecular formula is C9H18N2O2. The van der Waals surface area contributed by atoms with Gasteiger partial charge < -0.3 is 0 Å². The Bertz CT molecular complexity index is 184. The second kappa shape index (κ2) is 4.58. The van der Waals surface area contributed by atoms with Crippen LogP contribution in [0.1, 0.15) is 19.8 Å². The van der Waals surface area contributed by atoms with Gasteiger partial charge in [0.15, 0.2) is 0 Å². The van der Waals surface area contributed by atoms with Crippen LogP contribution >= 0.6 is 0 Å². The van der Waals surface area contributed by atoms with Gasteiger partial charge in [-0.15, -0.1) is 0 Å². The zero-order valence-corrected chi connectivity index (χ0v) is 8.62. The van der Waals surface area contributed by atoms with Crippen LogP contribution < -0.4 is 0 Å². The monoisotopic (exact) mass is 186 g/mol. The molecule has 1 aliphatic rings. The van der Waals surface area contributed by atoms with E-state index in [1.54, 1.807) is 7.05 Å². The summed E-state index contributed by atoms with van der Waals surface area (Å²) in [7, 11) is 3.66. The number of carbonyl (C=O) groups is 1. The number of likely N-dealkylation sites (tertiary alicyclic amines) is 1. The summed E-state index contributed by atoms with van der Waals surface area (Å²) in [5.41, 5.74) is 0. The smallest absolute Gasteiger partial charge is 0.263 e. The van der Waals surface area contributed by atoms with Crippen LogP contribution in [0.3, 0.4) is 0 Å². The number of amides is 1. The van der Waals surface area contributed by atoms with Crippen LogP contribution in [0.4, 0.5) is 0 Å². The Morgan fingerprint density at radius 2 is 2.38 bits per heavy atom. The molecule has 0 aromatic rings. The zero-order chi connectivity index (χ0) is 9.84. The van der Waals surface area contributed by atoms with Gasteiger partial charge in [0.05, 0.1) is 12.6 Å². The van der Waals surface area contributed by atoms with E-state index < -0.39 is 0 Å². The molecule has 0 saturated carbocycles. The summed E-state index contributed by atoms with van der Waals surface area (Å²) in [6.45, 7) is 3.43. The van der Waals surface area contributed by atoms with Crippen LogP contribution in [-0.4, -0.2) is 49.2 Å². The van der Waals surface area contributed by atoms with Crippen LogP contribution in [0, 0.1) is 0 Å². The molecule has 4 nitrogen and oxygen atoms in total. The van der Waals surface area contributed by atoms with Gasteiger partial charge in [-0.25, -0.2) is 5.06 Å². The van der Waals surface area contributed by atoms with E-state index in [9.17, 15) is 4.79 Å². The van der Waals surface area contributed by atoms with Crippen LogP contribution in [0.2, 0.25) is 0 Å². The highest BCUT2D eigenvalue weighted by molar-refractivity contribution is 5.80. The normalized spacial score (nSPS) is 23.5. The highest BCUT2D eigenvalue weighted by atomic mass is 16.7.